The third kappa shape index (κ3) is 3.53. The summed E-state index contributed by atoms with van der Waals surface area (Å²) in [6.45, 7) is 0.504. The van der Waals surface area contributed by atoms with E-state index in [1.54, 1.807) is 0 Å². The Bertz CT molecular complexity index is 359. The van der Waals surface area contributed by atoms with Gasteiger partial charge in [0, 0.05) is 0 Å². The Balaban J connectivity index is 2.06. The molecule has 0 heterocycles. The summed E-state index contributed by atoms with van der Waals surface area (Å²) in [4.78, 5) is 0. The lowest BCUT2D eigenvalue weighted by Gasteiger charge is -2.22. The maximum atomic E-state index is 6.22. The molecule has 1 saturated carbocycles. The summed E-state index contributed by atoms with van der Waals surface area (Å²) in [6, 6.07) is 6.17. The van der Waals surface area contributed by atoms with Crippen LogP contribution >= 0.6 is 23.2 Å². The first kappa shape index (κ1) is 13.0. The highest BCUT2D eigenvalue weighted by Crippen LogP contribution is 2.36. The average Bonchev–Trinajstić information content (AvgIpc) is 2.38. The molecule has 0 radical (unpaired) electrons. The minimum Gasteiger partial charge on any atom is -0.491 e. The Hall–Kier alpha value is -0.400. The van der Waals surface area contributed by atoms with Gasteiger partial charge in [0.1, 0.15) is 12.4 Å². The Morgan fingerprint density at radius 3 is 2.59 bits per heavy atom. The van der Waals surface area contributed by atoms with Gasteiger partial charge in [-0.2, -0.15) is 0 Å². The zero-order valence-corrected chi connectivity index (χ0v) is 11.4. The Labute approximate surface area is 113 Å². The van der Waals surface area contributed by atoms with E-state index in [9.17, 15) is 0 Å². The minimum atomic E-state index is 0.487. The predicted molar refractivity (Wildman–Crippen MR) is 73.5 cm³/mol. The van der Waals surface area contributed by atoms with Crippen molar-refractivity contribution in [2.24, 2.45) is 0 Å². The van der Waals surface area contributed by atoms with Crippen molar-refractivity contribution in [1.29, 1.82) is 0 Å². The summed E-state index contributed by atoms with van der Waals surface area (Å²) < 4.78 is 5.46. The monoisotopic (exact) mass is 272 g/mol. The van der Waals surface area contributed by atoms with Gasteiger partial charge in [-0.3, -0.25) is 0 Å². The second-order valence-corrected chi connectivity index (χ2v) is 5.35. The van der Waals surface area contributed by atoms with E-state index in [1.165, 1.54) is 37.7 Å². The number of hydrogen-bond acceptors (Lipinski definition) is 1. The van der Waals surface area contributed by atoms with Crippen LogP contribution < -0.4 is 4.74 Å². The molecule has 1 aromatic carbocycles. The Morgan fingerprint density at radius 2 is 1.94 bits per heavy atom. The molecule has 1 fully saturated rings. The third-order valence-corrected chi connectivity index (χ3v) is 3.82. The minimum absolute atomic E-state index is 0.487. The largest absolute Gasteiger partial charge is 0.491 e. The van der Waals surface area contributed by atoms with Gasteiger partial charge >= 0.3 is 0 Å². The van der Waals surface area contributed by atoms with Gasteiger partial charge in [-0.1, -0.05) is 36.9 Å². The zero-order valence-electron chi connectivity index (χ0n) is 9.92. The molecule has 1 aromatic rings. The molecule has 1 aliphatic rings. The molecule has 17 heavy (non-hydrogen) atoms. The first-order valence-electron chi connectivity index (χ1n) is 6.29. The van der Waals surface area contributed by atoms with Gasteiger partial charge in [-0.15, -0.1) is 11.6 Å². The van der Waals surface area contributed by atoms with Crippen molar-refractivity contribution >= 4 is 23.2 Å². The SMILES string of the molecule is ClCCOc1ccc(C2CCCCC2)cc1Cl. The molecule has 2 rings (SSSR count). The fourth-order valence-corrected chi connectivity index (χ4v) is 2.79. The molecule has 0 amide bonds. The number of hydrogen-bond donors (Lipinski definition) is 0. The van der Waals surface area contributed by atoms with Crippen LogP contribution in [-0.2, 0) is 0 Å². The molecule has 0 aliphatic heterocycles. The van der Waals surface area contributed by atoms with E-state index in [4.69, 9.17) is 27.9 Å². The Morgan fingerprint density at radius 1 is 1.18 bits per heavy atom. The average molecular weight is 273 g/mol. The van der Waals surface area contributed by atoms with Gasteiger partial charge in [0.05, 0.1) is 10.9 Å². The number of ether oxygens (including phenoxy) is 1. The van der Waals surface area contributed by atoms with Crippen LogP contribution in [-0.4, -0.2) is 12.5 Å². The smallest absolute Gasteiger partial charge is 0.137 e. The molecule has 1 nitrogen and oxygen atoms in total. The lowest BCUT2D eigenvalue weighted by Crippen LogP contribution is -2.05. The maximum absolute atomic E-state index is 6.22. The van der Waals surface area contributed by atoms with Crippen LogP contribution in [0.4, 0.5) is 0 Å². The molecule has 0 unspecified atom stereocenters. The van der Waals surface area contributed by atoms with Gasteiger partial charge < -0.3 is 4.74 Å². The lowest BCUT2D eigenvalue weighted by atomic mass is 9.84. The van der Waals surface area contributed by atoms with E-state index >= 15 is 0 Å². The topological polar surface area (TPSA) is 9.23 Å². The van der Waals surface area contributed by atoms with Gasteiger partial charge in [-0.25, -0.2) is 0 Å². The highest BCUT2D eigenvalue weighted by atomic mass is 35.5. The van der Waals surface area contributed by atoms with Crippen LogP contribution in [0.2, 0.25) is 5.02 Å². The van der Waals surface area contributed by atoms with E-state index in [-0.39, 0.29) is 0 Å². The molecule has 3 heteroatoms. The van der Waals surface area contributed by atoms with E-state index in [0.717, 1.165) is 5.75 Å². The molecule has 0 spiro atoms. The summed E-state index contributed by atoms with van der Waals surface area (Å²) in [5, 5.41) is 0.707. The van der Waals surface area contributed by atoms with Crippen LogP contribution in [0.3, 0.4) is 0 Å². The van der Waals surface area contributed by atoms with E-state index < -0.39 is 0 Å². The summed E-state index contributed by atoms with van der Waals surface area (Å²) >= 11 is 11.8. The first-order valence-corrected chi connectivity index (χ1v) is 7.20. The standard InChI is InChI=1S/C14H18Cl2O/c15-8-9-17-14-7-6-12(10-13(14)16)11-4-2-1-3-5-11/h6-7,10-11H,1-5,8-9H2. The van der Waals surface area contributed by atoms with Crippen molar-refractivity contribution < 1.29 is 4.74 Å². The van der Waals surface area contributed by atoms with Crippen molar-refractivity contribution in [3.05, 3.63) is 28.8 Å². The van der Waals surface area contributed by atoms with E-state index in [2.05, 4.69) is 12.1 Å². The fraction of sp³-hybridized carbons (Fsp3) is 0.571. The normalized spacial score (nSPS) is 17.1. The van der Waals surface area contributed by atoms with Crippen molar-refractivity contribution in [2.45, 2.75) is 38.0 Å². The van der Waals surface area contributed by atoms with Gasteiger partial charge in [-0.05, 0) is 36.5 Å². The highest BCUT2D eigenvalue weighted by Gasteiger charge is 2.16. The zero-order chi connectivity index (χ0) is 12.1. The van der Waals surface area contributed by atoms with E-state index in [1.807, 2.05) is 6.07 Å². The molecule has 0 N–H and O–H groups in total. The molecular weight excluding hydrogens is 255 g/mol. The number of alkyl halides is 1. The number of halogens is 2. The molecule has 0 bridgehead atoms. The van der Waals surface area contributed by atoms with Crippen molar-refractivity contribution in [3.8, 4) is 5.75 Å². The number of rotatable bonds is 4. The second kappa shape index (κ2) is 6.51. The van der Waals surface area contributed by atoms with Crippen molar-refractivity contribution in [3.63, 3.8) is 0 Å². The Kier molecular flexibility index (Phi) is 4.99. The molecule has 0 saturated heterocycles. The summed E-state index contributed by atoms with van der Waals surface area (Å²) in [5.74, 6) is 1.91. The first-order chi connectivity index (χ1) is 8.31. The molecule has 0 atom stereocenters. The van der Waals surface area contributed by atoms with E-state index in [0.29, 0.717) is 23.4 Å². The molecular formula is C14H18Cl2O. The van der Waals surface area contributed by atoms with Crippen LogP contribution in [0.25, 0.3) is 0 Å². The van der Waals surface area contributed by atoms with Crippen LogP contribution in [0.15, 0.2) is 18.2 Å². The van der Waals surface area contributed by atoms with Gasteiger partial charge in [0.15, 0.2) is 0 Å². The summed E-state index contributed by atoms with van der Waals surface area (Å²) in [6.07, 6.45) is 6.64. The second-order valence-electron chi connectivity index (χ2n) is 4.56. The molecule has 94 valence electrons. The highest BCUT2D eigenvalue weighted by molar-refractivity contribution is 6.32. The predicted octanol–water partition coefficient (Wildman–Crippen LogP) is 5.01. The quantitative estimate of drug-likeness (QED) is 0.701. The third-order valence-electron chi connectivity index (χ3n) is 3.37. The van der Waals surface area contributed by atoms with Crippen LogP contribution in [0, 0.1) is 0 Å². The lowest BCUT2D eigenvalue weighted by molar-refractivity contribution is 0.342. The summed E-state index contributed by atoms with van der Waals surface area (Å²) in [7, 11) is 0. The van der Waals surface area contributed by atoms with Crippen molar-refractivity contribution in [1.82, 2.24) is 0 Å². The molecule has 0 aromatic heterocycles. The maximum Gasteiger partial charge on any atom is 0.137 e. The van der Waals surface area contributed by atoms with Crippen molar-refractivity contribution in [2.75, 3.05) is 12.5 Å². The fourth-order valence-electron chi connectivity index (χ4n) is 2.47. The van der Waals surface area contributed by atoms with Crippen LogP contribution in [0.1, 0.15) is 43.6 Å². The van der Waals surface area contributed by atoms with Crippen LogP contribution in [0.5, 0.6) is 5.75 Å². The summed E-state index contributed by atoms with van der Waals surface area (Å²) in [5.41, 5.74) is 1.35. The molecule has 1 aliphatic carbocycles. The van der Waals surface area contributed by atoms with Gasteiger partial charge in [0.25, 0.3) is 0 Å². The number of benzene rings is 1. The van der Waals surface area contributed by atoms with Gasteiger partial charge in [0.2, 0.25) is 0 Å².